The second kappa shape index (κ2) is 6.24. The standard InChI is InChI=1S/C14H18N4O.ClH/c1-10-9-15-6-7-18(10)14(19)8-13-11-4-2-3-5-12(11)16-17-13;/h2-5,10,15H,6-9H2,1H3,(H,16,17);1H. The van der Waals surface area contributed by atoms with Gasteiger partial charge in [-0.2, -0.15) is 5.10 Å². The molecule has 5 nitrogen and oxygen atoms in total. The van der Waals surface area contributed by atoms with E-state index < -0.39 is 0 Å². The number of benzene rings is 1. The van der Waals surface area contributed by atoms with Crippen LogP contribution >= 0.6 is 12.4 Å². The van der Waals surface area contributed by atoms with E-state index in [9.17, 15) is 4.79 Å². The van der Waals surface area contributed by atoms with Gasteiger partial charge < -0.3 is 10.2 Å². The maximum atomic E-state index is 12.4. The molecule has 1 aliphatic rings. The van der Waals surface area contributed by atoms with Gasteiger partial charge in [-0.25, -0.2) is 0 Å². The molecule has 2 aromatic rings. The van der Waals surface area contributed by atoms with Gasteiger partial charge in [0, 0.05) is 31.1 Å². The molecule has 1 aromatic heterocycles. The second-order valence-electron chi connectivity index (χ2n) is 5.04. The molecular formula is C14H19ClN4O. The molecule has 0 radical (unpaired) electrons. The molecule has 1 amide bonds. The van der Waals surface area contributed by atoms with Crippen molar-refractivity contribution in [2.45, 2.75) is 19.4 Å². The van der Waals surface area contributed by atoms with Crippen molar-refractivity contribution < 1.29 is 4.79 Å². The largest absolute Gasteiger partial charge is 0.337 e. The van der Waals surface area contributed by atoms with Gasteiger partial charge in [0.1, 0.15) is 0 Å². The van der Waals surface area contributed by atoms with Gasteiger partial charge in [-0.1, -0.05) is 18.2 Å². The first kappa shape index (κ1) is 14.8. The average molecular weight is 295 g/mol. The zero-order chi connectivity index (χ0) is 13.2. The zero-order valence-electron chi connectivity index (χ0n) is 11.4. The highest BCUT2D eigenvalue weighted by Crippen LogP contribution is 2.16. The van der Waals surface area contributed by atoms with E-state index in [2.05, 4.69) is 22.4 Å². The molecule has 1 aromatic carbocycles. The summed E-state index contributed by atoms with van der Waals surface area (Å²) in [6, 6.07) is 8.14. The van der Waals surface area contributed by atoms with Crippen LogP contribution in [0.1, 0.15) is 12.6 Å². The van der Waals surface area contributed by atoms with Crippen LogP contribution in [0.15, 0.2) is 24.3 Å². The van der Waals surface area contributed by atoms with E-state index in [0.29, 0.717) is 6.42 Å². The van der Waals surface area contributed by atoms with Crippen molar-refractivity contribution in [3.63, 3.8) is 0 Å². The fourth-order valence-electron chi connectivity index (χ4n) is 2.61. The van der Waals surface area contributed by atoms with Crippen LogP contribution < -0.4 is 5.32 Å². The number of nitrogens with zero attached hydrogens (tertiary/aromatic N) is 2. The first-order chi connectivity index (χ1) is 9.25. The molecule has 1 saturated heterocycles. The molecule has 0 saturated carbocycles. The molecular weight excluding hydrogens is 276 g/mol. The summed E-state index contributed by atoms with van der Waals surface area (Å²) in [4.78, 5) is 14.3. The van der Waals surface area contributed by atoms with Gasteiger partial charge in [-0.3, -0.25) is 9.89 Å². The van der Waals surface area contributed by atoms with Crippen molar-refractivity contribution in [1.29, 1.82) is 0 Å². The Bertz CT molecular complexity index is 598. The van der Waals surface area contributed by atoms with Crippen molar-refractivity contribution in [2.24, 2.45) is 0 Å². The minimum absolute atomic E-state index is 0. The number of nitrogens with one attached hydrogen (secondary N) is 2. The van der Waals surface area contributed by atoms with Gasteiger partial charge in [0.2, 0.25) is 5.91 Å². The Hall–Kier alpha value is -1.59. The van der Waals surface area contributed by atoms with Crippen LogP contribution in [0.5, 0.6) is 0 Å². The van der Waals surface area contributed by atoms with E-state index in [-0.39, 0.29) is 24.4 Å². The Morgan fingerprint density at radius 2 is 2.25 bits per heavy atom. The molecule has 0 aliphatic carbocycles. The Morgan fingerprint density at radius 3 is 3.05 bits per heavy atom. The van der Waals surface area contributed by atoms with Gasteiger partial charge in [0.15, 0.2) is 0 Å². The summed E-state index contributed by atoms with van der Waals surface area (Å²) in [6.07, 6.45) is 0.394. The number of halogens is 1. The third kappa shape index (κ3) is 2.78. The number of amides is 1. The highest BCUT2D eigenvalue weighted by atomic mass is 35.5. The summed E-state index contributed by atoms with van der Waals surface area (Å²) < 4.78 is 0. The van der Waals surface area contributed by atoms with Crippen molar-refractivity contribution >= 4 is 29.2 Å². The molecule has 0 spiro atoms. The summed E-state index contributed by atoms with van der Waals surface area (Å²) in [7, 11) is 0. The smallest absolute Gasteiger partial charge is 0.228 e. The first-order valence-corrected chi connectivity index (χ1v) is 6.68. The number of para-hydroxylation sites is 1. The van der Waals surface area contributed by atoms with E-state index in [1.54, 1.807) is 0 Å². The summed E-state index contributed by atoms with van der Waals surface area (Å²) in [5, 5.41) is 11.5. The SMILES string of the molecule is CC1CNCCN1C(=O)Cc1[nH]nc2ccccc12.Cl. The highest BCUT2D eigenvalue weighted by molar-refractivity contribution is 5.87. The quantitative estimate of drug-likeness (QED) is 0.879. The Morgan fingerprint density at radius 1 is 1.45 bits per heavy atom. The van der Waals surface area contributed by atoms with Gasteiger partial charge >= 0.3 is 0 Å². The molecule has 0 bridgehead atoms. The minimum atomic E-state index is 0. The highest BCUT2D eigenvalue weighted by Gasteiger charge is 2.23. The number of rotatable bonds is 2. The topological polar surface area (TPSA) is 61.0 Å². The number of piperazine rings is 1. The summed E-state index contributed by atoms with van der Waals surface area (Å²) in [6.45, 7) is 4.61. The number of H-pyrrole nitrogens is 1. The zero-order valence-corrected chi connectivity index (χ0v) is 12.2. The molecule has 2 heterocycles. The third-order valence-electron chi connectivity index (χ3n) is 3.69. The third-order valence-corrected chi connectivity index (χ3v) is 3.69. The lowest BCUT2D eigenvalue weighted by Crippen LogP contribution is -2.52. The van der Waals surface area contributed by atoms with Crippen LogP contribution in [0.4, 0.5) is 0 Å². The lowest BCUT2D eigenvalue weighted by atomic mass is 10.1. The maximum Gasteiger partial charge on any atom is 0.228 e. The van der Waals surface area contributed by atoms with E-state index in [1.165, 1.54) is 0 Å². The van der Waals surface area contributed by atoms with Gasteiger partial charge in [0.05, 0.1) is 17.6 Å². The Kier molecular flexibility index (Phi) is 4.62. The predicted octanol–water partition coefficient (Wildman–Crippen LogP) is 1.35. The normalized spacial score (nSPS) is 18.9. The van der Waals surface area contributed by atoms with Crippen LogP contribution in [0.25, 0.3) is 10.9 Å². The number of aromatic amines is 1. The average Bonchev–Trinajstić information content (AvgIpc) is 2.83. The lowest BCUT2D eigenvalue weighted by Gasteiger charge is -2.34. The van der Waals surface area contributed by atoms with Crippen LogP contribution in [-0.4, -0.2) is 46.7 Å². The number of hydrogen-bond donors (Lipinski definition) is 2. The minimum Gasteiger partial charge on any atom is -0.337 e. The Balaban J connectivity index is 0.00000147. The van der Waals surface area contributed by atoms with Crippen molar-refractivity contribution in [3.05, 3.63) is 30.0 Å². The van der Waals surface area contributed by atoms with Crippen molar-refractivity contribution in [1.82, 2.24) is 20.4 Å². The molecule has 6 heteroatoms. The molecule has 20 heavy (non-hydrogen) atoms. The molecule has 1 aliphatic heterocycles. The summed E-state index contributed by atoms with van der Waals surface area (Å²) >= 11 is 0. The van der Waals surface area contributed by atoms with E-state index >= 15 is 0 Å². The van der Waals surface area contributed by atoms with Crippen molar-refractivity contribution in [2.75, 3.05) is 19.6 Å². The van der Waals surface area contributed by atoms with Gasteiger partial charge in [-0.15, -0.1) is 12.4 Å². The van der Waals surface area contributed by atoms with Gasteiger partial charge in [-0.05, 0) is 13.0 Å². The number of aromatic nitrogens is 2. The molecule has 108 valence electrons. The maximum absolute atomic E-state index is 12.4. The van der Waals surface area contributed by atoms with Crippen molar-refractivity contribution in [3.8, 4) is 0 Å². The number of hydrogen-bond acceptors (Lipinski definition) is 3. The number of carbonyl (C=O) groups is 1. The first-order valence-electron chi connectivity index (χ1n) is 6.68. The van der Waals surface area contributed by atoms with E-state index in [0.717, 1.165) is 36.2 Å². The van der Waals surface area contributed by atoms with E-state index in [4.69, 9.17) is 0 Å². The molecule has 1 atom stereocenters. The summed E-state index contributed by atoms with van der Waals surface area (Å²) in [5.41, 5.74) is 1.82. The van der Waals surface area contributed by atoms with Crippen LogP contribution in [0.3, 0.4) is 0 Å². The fraction of sp³-hybridized carbons (Fsp3) is 0.429. The van der Waals surface area contributed by atoms with Gasteiger partial charge in [0.25, 0.3) is 0 Å². The fourth-order valence-corrected chi connectivity index (χ4v) is 2.61. The molecule has 3 rings (SSSR count). The molecule has 1 fully saturated rings. The summed E-state index contributed by atoms with van der Waals surface area (Å²) in [5.74, 6) is 0.170. The monoisotopic (exact) mass is 294 g/mol. The predicted molar refractivity (Wildman–Crippen MR) is 81.1 cm³/mol. The lowest BCUT2D eigenvalue weighted by molar-refractivity contribution is -0.133. The molecule has 1 unspecified atom stereocenters. The van der Waals surface area contributed by atoms with Crippen LogP contribution in [0.2, 0.25) is 0 Å². The van der Waals surface area contributed by atoms with Crippen LogP contribution in [-0.2, 0) is 11.2 Å². The number of carbonyl (C=O) groups excluding carboxylic acids is 1. The Labute approximate surface area is 124 Å². The second-order valence-corrected chi connectivity index (χ2v) is 5.04. The van der Waals surface area contributed by atoms with Crippen LogP contribution in [0, 0.1) is 0 Å². The molecule has 2 N–H and O–H groups in total. The van der Waals surface area contributed by atoms with E-state index in [1.807, 2.05) is 29.2 Å². The number of fused-ring (bicyclic) bond motifs is 1.